The smallest absolute Gasteiger partial charge is 0.387 e. The molecule has 0 heterocycles. The molecule has 1 rings (SSSR count). The number of alkyl halides is 2. The van der Waals surface area contributed by atoms with Gasteiger partial charge in [-0.05, 0) is 25.5 Å². The highest BCUT2D eigenvalue weighted by atomic mass is 19.3. The predicted molar refractivity (Wildman–Crippen MR) is 58.2 cm³/mol. The second kappa shape index (κ2) is 5.47. The number of benzene rings is 1. The maximum absolute atomic E-state index is 12.2. The normalized spacial score (nSPS) is 10.4. The standard InChI is InChI=1S/C11H13F2NO3/c1-3-16-10(15)7-5-4-6(2)8(14)9(7)17-11(12)13/h4-5,11H,3,14H2,1-2H3. The van der Waals surface area contributed by atoms with Crippen molar-refractivity contribution in [3.63, 3.8) is 0 Å². The van der Waals surface area contributed by atoms with E-state index in [0.29, 0.717) is 5.56 Å². The number of carbonyl (C=O) groups is 1. The van der Waals surface area contributed by atoms with Crippen molar-refractivity contribution in [1.82, 2.24) is 0 Å². The highest BCUT2D eigenvalue weighted by Crippen LogP contribution is 2.31. The van der Waals surface area contributed by atoms with Gasteiger partial charge in [-0.3, -0.25) is 0 Å². The zero-order chi connectivity index (χ0) is 13.0. The van der Waals surface area contributed by atoms with Gasteiger partial charge in [-0.15, -0.1) is 0 Å². The summed E-state index contributed by atoms with van der Waals surface area (Å²) in [6, 6.07) is 2.89. The number of hydrogen-bond acceptors (Lipinski definition) is 4. The van der Waals surface area contributed by atoms with E-state index in [9.17, 15) is 13.6 Å². The minimum atomic E-state index is -3.05. The molecule has 0 fully saturated rings. The first-order valence-corrected chi connectivity index (χ1v) is 4.98. The SMILES string of the molecule is CCOC(=O)c1ccc(C)c(N)c1OC(F)F. The van der Waals surface area contributed by atoms with Crippen LogP contribution in [0.1, 0.15) is 22.8 Å². The van der Waals surface area contributed by atoms with Crippen LogP contribution < -0.4 is 10.5 Å². The van der Waals surface area contributed by atoms with Gasteiger partial charge in [0, 0.05) is 0 Å². The largest absolute Gasteiger partial charge is 0.462 e. The molecule has 0 unspecified atom stereocenters. The van der Waals surface area contributed by atoms with E-state index in [1.165, 1.54) is 6.07 Å². The van der Waals surface area contributed by atoms with Crippen molar-refractivity contribution in [2.24, 2.45) is 0 Å². The van der Waals surface area contributed by atoms with Gasteiger partial charge in [-0.25, -0.2) is 4.79 Å². The van der Waals surface area contributed by atoms with Crippen LogP contribution in [0.15, 0.2) is 12.1 Å². The van der Waals surface area contributed by atoms with Crippen molar-refractivity contribution < 1.29 is 23.0 Å². The summed E-state index contributed by atoms with van der Waals surface area (Å²) in [5.41, 5.74) is 6.06. The van der Waals surface area contributed by atoms with Crippen molar-refractivity contribution in [3.8, 4) is 5.75 Å². The Labute approximate surface area is 97.3 Å². The van der Waals surface area contributed by atoms with Gasteiger partial charge in [0.1, 0.15) is 5.56 Å². The van der Waals surface area contributed by atoms with E-state index in [1.54, 1.807) is 19.9 Å². The van der Waals surface area contributed by atoms with Crippen LogP contribution in [0.25, 0.3) is 0 Å². The maximum atomic E-state index is 12.2. The van der Waals surface area contributed by atoms with Gasteiger partial charge in [0.2, 0.25) is 0 Å². The zero-order valence-corrected chi connectivity index (χ0v) is 9.50. The molecule has 2 N–H and O–H groups in total. The predicted octanol–water partition coefficient (Wildman–Crippen LogP) is 2.36. The Morgan fingerprint density at radius 1 is 1.47 bits per heavy atom. The second-order valence-corrected chi connectivity index (χ2v) is 3.27. The van der Waals surface area contributed by atoms with Gasteiger partial charge < -0.3 is 15.2 Å². The van der Waals surface area contributed by atoms with Crippen molar-refractivity contribution in [1.29, 1.82) is 0 Å². The summed E-state index contributed by atoms with van der Waals surface area (Å²) >= 11 is 0. The Morgan fingerprint density at radius 2 is 2.12 bits per heavy atom. The molecule has 0 amide bonds. The highest BCUT2D eigenvalue weighted by molar-refractivity contribution is 5.95. The number of hydrogen-bond donors (Lipinski definition) is 1. The third-order valence-corrected chi connectivity index (χ3v) is 2.12. The quantitative estimate of drug-likeness (QED) is 0.653. The Hall–Kier alpha value is -1.85. The van der Waals surface area contributed by atoms with Gasteiger partial charge >= 0.3 is 12.6 Å². The van der Waals surface area contributed by atoms with Crippen LogP contribution >= 0.6 is 0 Å². The second-order valence-electron chi connectivity index (χ2n) is 3.27. The maximum Gasteiger partial charge on any atom is 0.387 e. The van der Waals surface area contributed by atoms with Crippen LogP contribution in [0, 0.1) is 6.92 Å². The molecule has 0 saturated carbocycles. The summed E-state index contributed by atoms with van der Waals surface area (Å²) in [5.74, 6) is -1.08. The summed E-state index contributed by atoms with van der Waals surface area (Å²) in [6.07, 6.45) is 0. The lowest BCUT2D eigenvalue weighted by atomic mass is 10.1. The van der Waals surface area contributed by atoms with E-state index in [2.05, 4.69) is 4.74 Å². The fourth-order valence-corrected chi connectivity index (χ4v) is 1.28. The van der Waals surface area contributed by atoms with Gasteiger partial charge in [-0.1, -0.05) is 6.07 Å². The molecular formula is C11H13F2NO3. The van der Waals surface area contributed by atoms with E-state index in [1.807, 2.05) is 0 Å². The topological polar surface area (TPSA) is 61.5 Å². The molecule has 0 radical (unpaired) electrons. The number of rotatable bonds is 4. The third kappa shape index (κ3) is 3.05. The summed E-state index contributed by atoms with van der Waals surface area (Å²) in [5, 5.41) is 0. The van der Waals surface area contributed by atoms with Gasteiger partial charge in [0.25, 0.3) is 0 Å². The Kier molecular flexibility index (Phi) is 4.25. The lowest BCUT2D eigenvalue weighted by Gasteiger charge is -2.13. The molecule has 17 heavy (non-hydrogen) atoms. The van der Waals surface area contributed by atoms with Crippen molar-refractivity contribution in [3.05, 3.63) is 23.3 Å². The summed E-state index contributed by atoms with van der Waals surface area (Å²) < 4.78 is 33.5. The van der Waals surface area contributed by atoms with E-state index in [-0.39, 0.29) is 23.6 Å². The molecule has 0 aliphatic rings. The van der Waals surface area contributed by atoms with Crippen molar-refractivity contribution >= 4 is 11.7 Å². The Morgan fingerprint density at radius 3 is 2.65 bits per heavy atom. The molecule has 0 aromatic heterocycles. The van der Waals surface area contributed by atoms with Crippen LogP contribution in [-0.2, 0) is 4.74 Å². The molecule has 1 aromatic carbocycles. The van der Waals surface area contributed by atoms with Crippen molar-refractivity contribution in [2.45, 2.75) is 20.5 Å². The van der Waals surface area contributed by atoms with E-state index in [0.717, 1.165) is 0 Å². The number of halogens is 2. The number of nitrogens with two attached hydrogens (primary N) is 1. The van der Waals surface area contributed by atoms with Crippen LogP contribution in [0.2, 0.25) is 0 Å². The van der Waals surface area contributed by atoms with E-state index >= 15 is 0 Å². The molecule has 0 aliphatic carbocycles. The molecule has 0 spiro atoms. The fraction of sp³-hybridized carbons (Fsp3) is 0.364. The number of ether oxygens (including phenoxy) is 2. The number of nitrogen functional groups attached to an aromatic ring is 1. The first kappa shape index (κ1) is 13.2. The average molecular weight is 245 g/mol. The van der Waals surface area contributed by atoms with Crippen LogP contribution in [0.3, 0.4) is 0 Å². The van der Waals surface area contributed by atoms with Crippen LogP contribution in [0.5, 0.6) is 5.75 Å². The Bertz CT molecular complexity index is 421. The number of anilines is 1. The first-order chi connectivity index (χ1) is 7.97. The number of esters is 1. The molecule has 94 valence electrons. The molecule has 0 atom stereocenters. The summed E-state index contributed by atoms with van der Waals surface area (Å²) in [7, 11) is 0. The van der Waals surface area contributed by atoms with Crippen LogP contribution in [0.4, 0.5) is 14.5 Å². The van der Waals surface area contributed by atoms with Gasteiger partial charge in [0.15, 0.2) is 5.75 Å². The fourth-order valence-electron chi connectivity index (χ4n) is 1.28. The van der Waals surface area contributed by atoms with Crippen LogP contribution in [-0.4, -0.2) is 19.2 Å². The monoisotopic (exact) mass is 245 g/mol. The van der Waals surface area contributed by atoms with Gasteiger partial charge in [0.05, 0.1) is 12.3 Å². The molecular weight excluding hydrogens is 232 g/mol. The molecule has 0 bridgehead atoms. The lowest BCUT2D eigenvalue weighted by Crippen LogP contribution is -2.13. The number of aryl methyl sites for hydroxylation is 1. The first-order valence-electron chi connectivity index (χ1n) is 4.98. The Balaban J connectivity index is 3.19. The lowest BCUT2D eigenvalue weighted by molar-refractivity contribution is -0.0499. The highest BCUT2D eigenvalue weighted by Gasteiger charge is 2.20. The van der Waals surface area contributed by atoms with Crippen molar-refractivity contribution in [2.75, 3.05) is 12.3 Å². The average Bonchev–Trinajstić information content (AvgIpc) is 2.24. The molecule has 0 saturated heterocycles. The summed E-state index contributed by atoms with van der Waals surface area (Å²) in [4.78, 5) is 11.5. The molecule has 6 heteroatoms. The third-order valence-electron chi connectivity index (χ3n) is 2.12. The number of carbonyl (C=O) groups excluding carboxylic acids is 1. The minimum absolute atomic E-state index is 0.0100. The minimum Gasteiger partial charge on any atom is -0.462 e. The zero-order valence-electron chi connectivity index (χ0n) is 9.50. The molecule has 1 aromatic rings. The van der Waals surface area contributed by atoms with E-state index in [4.69, 9.17) is 10.5 Å². The summed E-state index contributed by atoms with van der Waals surface area (Å²) in [6.45, 7) is 0.333. The van der Waals surface area contributed by atoms with E-state index < -0.39 is 12.6 Å². The molecule has 0 aliphatic heterocycles. The molecule has 4 nitrogen and oxygen atoms in total. The van der Waals surface area contributed by atoms with Gasteiger partial charge in [-0.2, -0.15) is 8.78 Å².